The molecule has 11 heteroatoms. The average Bonchev–Trinajstić information content (AvgIpc) is 3.31. The molecule has 6 atom stereocenters. The number of para-hydroxylation sites is 1. The van der Waals surface area contributed by atoms with E-state index in [0.29, 0.717) is 30.0 Å². The SMILES string of the molecule is C[C@H]1CNC(=O)CC/C=C\[C@@H]2O[C@@]34C=CCN(c5ccccc5Cl)C(=O)[C@@H]3N(CCCCO)C(=O)[C@H]4[C@@H]2C(=O)O1. The van der Waals surface area contributed by atoms with Crippen LogP contribution < -0.4 is 10.2 Å². The predicted molar refractivity (Wildman–Crippen MR) is 146 cm³/mol. The molecule has 4 aliphatic rings. The largest absolute Gasteiger partial charge is 0.460 e. The molecule has 2 saturated heterocycles. The Bertz CT molecular complexity index is 1240. The maximum Gasteiger partial charge on any atom is 0.313 e. The van der Waals surface area contributed by atoms with Gasteiger partial charge in [0.15, 0.2) is 0 Å². The number of carbonyl (C=O) groups excluding carboxylic acids is 4. The number of benzene rings is 1. The van der Waals surface area contributed by atoms with E-state index in [1.807, 2.05) is 0 Å². The Balaban J connectivity index is 1.58. The Morgan fingerprint density at radius 1 is 1.12 bits per heavy atom. The first-order valence-corrected chi connectivity index (χ1v) is 14.1. The van der Waals surface area contributed by atoms with Crippen LogP contribution >= 0.6 is 11.6 Å². The van der Waals surface area contributed by atoms with Crippen molar-refractivity contribution in [1.82, 2.24) is 10.2 Å². The van der Waals surface area contributed by atoms with E-state index >= 15 is 0 Å². The van der Waals surface area contributed by atoms with E-state index < -0.39 is 41.7 Å². The number of hydrogen-bond donors (Lipinski definition) is 2. The van der Waals surface area contributed by atoms with Gasteiger partial charge in [-0.05, 0) is 38.3 Å². The van der Waals surface area contributed by atoms with Gasteiger partial charge in [0.05, 0.1) is 29.3 Å². The van der Waals surface area contributed by atoms with Crippen molar-refractivity contribution in [2.75, 3.05) is 31.1 Å². The van der Waals surface area contributed by atoms with Gasteiger partial charge in [-0.25, -0.2) is 0 Å². The van der Waals surface area contributed by atoms with Gasteiger partial charge in [-0.15, -0.1) is 0 Å². The highest BCUT2D eigenvalue weighted by atomic mass is 35.5. The van der Waals surface area contributed by atoms with Crippen molar-refractivity contribution in [3.8, 4) is 0 Å². The number of ether oxygens (including phenoxy) is 2. The second-order valence-electron chi connectivity index (χ2n) is 10.6. The molecule has 0 radical (unpaired) electrons. The van der Waals surface area contributed by atoms with E-state index in [-0.39, 0.29) is 50.4 Å². The first-order chi connectivity index (χ1) is 19.3. The number of fused-ring (bicyclic) bond motifs is 2. The van der Waals surface area contributed by atoms with Gasteiger partial charge in [-0.2, -0.15) is 0 Å². The third-order valence-electron chi connectivity index (χ3n) is 7.98. The number of aliphatic hydroxyl groups is 1. The molecular formula is C29H34ClN3O7. The molecule has 214 valence electrons. The maximum atomic E-state index is 14.3. The lowest BCUT2D eigenvalue weighted by molar-refractivity contribution is -0.158. The van der Waals surface area contributed by atoms with Gasteiger partial charge in [0.1, 0.15) is 23.7 Å². The van der Waals surface area contributed by atoms with E-state index in [4.69, 9.17) is 21.1 Å². The van der Waals surface area contributed by atoms with Gasteiger partial charge in [0.2, 0.25) is 11.8 Å². The van der Waals surface area contributed by atoms with Gasteiger partial charge in [0.25, 0.3) is 5.91 Å². The zero-order valence-corrected chi connectivity index (χ0v) is 23.1. The number of aliphatic hydroxyl groups excluding tert-OH is 1. The van der Waals surface area contributed by atoms with Crippen molar-refractivity contribution in [2.45, 2.75) is 56.5 Å². The van der Waals surface area contributed by atoms with Crippen molar-refractivity contribution in [2.24, 2.45) is 11.8 Å². The second-order valence-corrected chi connectivity index (χ2v) is 11.0. The molecule has 5 rings (SSSR count). The Hall–Kier alpha value is -3.21. The Morgan fingerprint density at radius 3 is 2.70 bits per heavy atom. The van der Waals surface area contributed by atoms with Crippen molar-refractivity contribution in [3.05, 3.63) is 53.6 Å². The number of unbranched alkanes of at least 4 members (excludes halogenated alkanes) is 1. The molecule has 10 nitrogen and oxygen atoms in total. The van der Waals surface area contributed by atoms with Crippen LogP contribution in [0.5, 0.6) is 0 Å². The van der Waals surface area contributed by atoms with Crippen molar-refractivity contribution < 1.29 is 33.8 Å². The smallest absolute Gasteiger partial charge is 0.313 e. The lowest BCUT2D eigenvalue weighted by Crippen LogP contribution is -2.55. The van der Waals surface area contributed by atoms with Crippen molar-refractivity contribution in [3.63, 3.8) is 0 Å². The first-order valence-electron chi connectivity index (χ1n) is 13.7. The maximum absolute atomic E-state index is 14.3. The summed E-state index contributed by atoms with van der Waals surface area (Å²) in [6.07, 6.45) is 7.17. The highest BCUT2D eigenvalue weighted by molar-refractivity contribution is 6.34. The molecule has 40 heavy (non-hydrogen) atoms. The predicted octanol–water partition coefficient (Wildman–Crippen LogP) is 1.99. The Labute approximate surface area is 237 Å². The average molecular weight is 572 g/mol. The highest BCUT2D eigenvalue weighted by Gasteiger charge is 2.71. The number of esters is 1. The topological polar surface area (TPSA) is 125 Å². The number of nitrogens with one attached hydrogen (secondary N) is 1. The number of carbonyl (C=O) groups is 4. The lowest BCUT2D eigenvalue weighted by atomic mass is 9.78. The molecule has 1 aromatic carbocycles. The number of allylic oxidation sites excluding steroid dienone is 1. The van der Waals surface area contributed by atoms with E-state index in [1.54, 1.807) is 55.5 Å². The molecule has 0 unspecified atom stereocenters. The molecule has 0 saturated carbocycles. The second kappa shape index (κ2) is 11.7. The van der Waals surface area contributed by atoms with Crippen LogP contribution in [0.15, 0.2) is 48.6 Å². The minimum Gasteiger partial charge on any atom is -0.460 e. The van der Waals surface area contributed by atoms with E-state index in [9.17, 15) is 24.3 Å². The number of halogens is 1. The Kier molecular flexibility index (Phi) is 8.30. The van der Waals surface area contributed by atoms with Gasteiger partial charge >= 0.3 is 5.97 Å². The minimum absolute atomic E-state index is 0.0480. The third kappa shape index (κ3) is 5.04. The molecule has 0 aromatic heterocycles. The van der Waals surface area contributed by atoms with Gasteiger partial charge < -0.3 is 29.7 Å². The summed E-state index contributed by atoms with van der Waals surface area (Å²) in [5, 5.41) is 12.5. The van der Waals surface area contributed by atoms with E-state index in [1.165, 1.54) is 9.80 Å². The first kappa shape index (κ1) is 28.3. The highest BCUT2D eigenvalue weighted by Crippen LogP contribution is 2.53. The summed E-state index contributed by atoms with van der Waals surface area (Å²) in [7, 11) is 0. The molecular weight excluding hydrogens is 538 g/mol. The summed E-state index contributed by atoms with van der Waals surface area (Å²) in [4.78, 5) is 57.3. The molecule has 2 N–H and O–H groups in total. The molecule has 0 bridgehead atoms. The fourth-order valence-electron chi connectivity index (χ4n) is 6.18. The van der Waals surface area contributed by atoms with E-state index in [2.05, 4.69) is 5.32 Å². The van der Waals surface area contributed by atoms with Crippen LogP contribution in [-0.2, 0) is 28.7 Å². The summed E-state index contributed by atoms with van der Waals surface area (Å²) < 4.78 is 12.3. The van der Waals surface area contributed by atoms with Crippen LogP contribution in [0, 0.1) is 11.8 Å². The number of cyclic esters (lactones) is 1. The zero-order chi connectivity index (χ0) is 28.4. The Morgan fingerprint density at radius 2 is 1.93 bits per heavy atom. The summed E-state index contributed by atoms with van der Waals surface area (Å²) >= 11 is 6.48. The number of hydrogen-bond acceptors (Lipinski definition) is 7. The van der Waals surface area contributed by atoms with E-state index in [0.717, 1.165) is 0 Å². The standard InChI is InChI=1S/C29H34ClN3O7/c1-18-17-31-22(35)12-5-4-11-21-23(28(38)39-18)24-26(36)33(14-6-7-16-34)25-27(37)32(15-8-13-29(24,25)40-21)20-10-3-2-9-19(20)30/h2-4,8-11,13,18,21,23-25,34H,5-7,12,14-17H2,1H3,(H,31,35)/b11-4-/t18-,21-,23+,24+,25-,29+/m0/s1. The molecule has 4 aliphatic heterocycles. The minimum atomic E-state index is -1.42. The fourth-order valence-corrected chi connectivity index (χ4v) is 6.42. The quantitative estimate of drug-likeness (QED) is 0.314. The number of anilines is 1. The lowest BCUT2D eigenvalue weighted by Gasteiger charge is -2.35. The summed E-state index contributed by atoms with van der Waals surface area (Å²) in [6, 6.07) is 5.95. The molecule has 3 amide bonds. The number of nitrogens with zero attached hydrogens (tertiary/aromatic N) is 2. The van der Waals surface area contributed by atoms with Gasteiger partial charge in [0, 0.05) is 26.1 Å². The summed E-state index contributed by atoms with van der Waals surface area (Å²) in [5.41, 5.74) is -0.906. The normalized spacial score (nSPS) is 33.2. The van der Waals surface area contributed by atoms with Gasteiger partial charge in [-0.3, -0.25) is 19.2 Å². The van der Waals surface area contributed by atoms with Crippen LogP contribution in [0.1, 0.15) is 32.6 Å². The van der Waals surface area contributed by atoms with Crippen LogP contribution in [0.3, 0.4) is 0 Å². The zero-order valence-electron chi connectivity index (χ0n) is 22.3. The van der Waals surface area contributed by atoms with Crippen LogP contribution in [0.4, 0.5) is 5.69 Å². The molecule has 4 heterocycles. The fraction of sp³-hybridized carbons (Fsp3) is 0.517. The molecule has 1 spiro atoms. The van der Waals surface area contributed by atoms with Gasteiger partial charge in [-0.1, -0.05) is 48.0 Å². The van der Waals surface area contributed by atoms with Crippen LogP contribution in [-0.4, -0.2) is 83.8 Å². The van der Waals surface area contributed by atoms with Crippen molar-refractivity contribution in [1.29, 1.82) is 0 Å². The number of likely N-dealkylation sites (tertiary alicyclic amines) is 1. The third-order valence-corrected chi connectivity index (χ3v) is 8.30. The summed E-state index contributed by atoms with van der Waals surface area (Å²) in [6.45, 7) is 2.20. The van der Waals surface area contributed by atoms with Crippen LogP contribution in [0.25, 0.3) is 0 Å². The van der Waals surface area contributed by atoms with Crippen LogP contribution in [0.2, 0.25) is 5.02 Å². The molecule has 2 fully saturated rings. The summed E-state index contributed by atoms with van der Waals surface area (Å²) in [5.74, 6) is -3.49. The number of rotatable bonds is 5. The molecule has 0 aliphatic carbocycles. The molecule has 1 aromatic rings. The monoisotopic (exact) mass is 571 g/mol. The number of amides is 3. The van der Waals surface area contributed by atoms with Crippen molar-refractivity contribution >= 4 is 41.0 Å².